The fourth-order valence-corrected chi connectivity index (χ4v) is 0.767. The molecule has 0 fully saturated rings. The highest BCUT2D eigenvalue weighted by Crippen LogP contribution is 2.00. The molecule has 1 amide bonds. The molecule has 0 aliphatic carbocycles. The summed E-state index contributed by atoms with van der Waals surface area (Å²) in [5, 5.41) is 3.52. The second kappa shape index (κ2) is 5.36. The Bertz CT molecular complexity index is 297. The van der Waals surface area contributed by atoms with E-state index in [0.717, 1.165) is 0 Å². The lowest BCUT2D eigenvalue weighted by Crippen LogP contribution is -2.25. The van der Waals surface area contributed by atoms with Gasteiger partial charge in [0, 0.05) is 13.2 Å². The Morgan fingerprint density at radius 3 is 3.00 bits per heavy atom. The maximum Gasteiger partial charge on any atom is 0.297 e. The van der Waals surface area contributed by atoms with Gasteiger partial charge in [-0.2, -0.15) is 0 Å². The molecule has 14 heavy (non-hydrogen) atoms. The van der Waals surface area contributed by atoms with Crippen molar-refractivity contribution in [1.29, 1.82) is 0 Å². The number of rotatable bonds is 5. The molecule has 0 bridgehead atoms. The molecule has 1 aromatic heterocycles. The predicted octanol–water partition coefficient (Wildman–Crippen LogP) is 0.291. The number of nitrogens with one attached hydrogen (secondary N) is 1. The number of hydrogen-bond donors (Lipinski definition) is 1. The van der Waals surface area contributed by atoms with Crippen molar-refractivity contribution >= 4 is 5.91 Å². The van der Waals surface area contributed by atoms with Gasteiger partial charge in [-0.05, 0) is 6.92 Å². The maximum atomic E-state index is 11.2. The Labute approximate surface area is 81.1 Å². The number of hydrogen-bond acceptors (Lipinski definition) is 5. The zero-order valence-corrected chi connectivity index (χ0v) is 8.07. The van der Waals surface area contributed by atoms with Crippen LogP contribution in [0.25, 0.3) is 0 Å². The Hall–Kier alpha value is -1.40. The first-order chi connectivity index (χ1) is 6.74. The summed E-state index contributed by atoms with van der Waals surface area (Å²) in [6, 6.07) is 1.52. The highest BCUT2D eigenvalue weighted by molar-refractivity contribution is 5.91. The number of carbonyl (C=O) groups is 1. The first kappa shape index (κ1) is 10.7. The van der Waals surface area contributed by atoms with Crippen molar-refractivity contribution in [1.82, 2.24) is 10.6 Å². The summed E-state index contributed by atoms with van der Waals surface area (Å²) in [7, 11) is 1.55. The molecule has 0 saturated carbocycles. The molecule has 0 atom stereocenters. The minimum Gasteiger partial charge on any atom is -0.382 e. The van der Waals surface area contributed by atoms with Gasteiger partial charge in [0.2, 0.25) is 0 Å². The number of ether oxygens (including phenoxy) is 1. The highest BCUT2D eigenvalue weighted by atomic mass is 16.7. The van der Waals surface area contributed by atoms with Crippen LogP contribution in [0.5, 0.6) is 0 Å². The number of amides is 1. The lowest BCUT2D eigenvalue weighted by Gasteiger charge is -2.02. The van der Waals surface area contributed by atoms with Gasteiger partial charge in [-0.15, -0.1) is 0 Å². The molecule has 78 valence electrons. The summed E-state index contributed by atoms with van der Waals surface area (Å²) in [6.07, 6.45) is 0. The van der Waals surface area contributed by atoms with E-state index in [1.165, 1.54) is 6.07 Å². The second-order valence-corrected chi connectivity index (χ2v) is 2.60. The minimum atomic E-state index is -0.432. The molecular formula is C8H12N2O4. The average molecular weight is 200 g/mol. The molecule has 0 aromatic carbocycles. The molecule has 0 unspecified atom stereocenters. The van der Waals surface area contributed by atoms with E-state index >= 15 is 0 Å². The number of nitrogens with zero attached hydrogens (tertiary/aromatic N) is 1. The van der Waals surface area contributed by atoms with Crippen LogP contribution in [0, 0.1) is 6.92 Å². The number of aryl methyl sites for hydroxylation is 1. The molecular weight excluding hydrogens is 188 g/mol. The number of aromatic nitrogens is 1. The van der Waals surface area contributed by atoms with E-state index in [1.54, 1.807) is 14.0 Å². The van der Waals surface area contributed by atoms with Crippen LogP contribution in [-0.2, 0) is 9.57 Å². The summed E-state index contributed by atoms with van der Waals surface area (Å²) in [4.78, 5) is 16.0. The van der Waals surface area contributed by atoms with Crippen molar-refractivity contribution in [3.8, 4) is 0 Å². The SMILES string of the molecule is COCCONC(=O)c1cc(C)on1. The van der Waals surface area contributed by atoms with E-state index in [1.807, 2.05) is 0 Å². The van der Waals surface area contributed by atoms with Gasteiger partial charge in [-0.25, -0.2) is 5.48 Å². The van der Waals surface area contributed by atoms with Crippen LogP contribution >= 0.6 is 0 Å². The van der Waals surface area contributed by atoms with Gasteiger partial charge in [-0.3, -0.25) is 9.63 Å². The third-order valence-electron chi connectivity index (χ3n) is 1.41. The van der Waals surface area contributed by atoms with Crippen LogP contribution in [0.4, 0.5) is 0 Å². The normalized spacial score (nSPS) is 10.1. The monoisotopic (exact) mass is 200 g/mol. The van der Waals surface area contributed by atoms with Crippen molar-refractivity contribution in [2.45, 2.75) is 6.92 Å². The summed E-state index contributed by atoms with van der Waals surface area (Å²) in [5.41, 5.74) is 2.40. The summed E-state index contributed by atoms with van der Waals surface area (Å²) < 4.78 is 9.45. The van der Waals surface area contributed by atoms with E-state index in [2.05, 4.69) is 10.6 Å². The lowest BCUT2D eigenvalue weighted by molar-refractivity contribution is 0.00838. The van der Waals surface area contributed by atoms with Gasteiger partial charge in [-0.1, -0.05) is 5.16 Å². The molecule has 6 heteroatoms. The number of carbonyl (C=O) groups excluding carboxylic acids is 1. The second-order valence-electron chi connectivity index (χ2n) is 2.60. The van der Waals surface area contributed by atoms with Crippen molar-refractivity contribution in [2.24, 2.45) is 0 Å². The van der Waals surface area contributed by atoms with E-state index in [9.17, 15) is 4.79 Å². The molecule has 1 heterocycles. The van der Waals surface area contributed by atoms with Gasteiger partial charge >= 0.3 is 0 Å². The van der Waals surface area contributed by atoms with Crippen molar-refractivity contribution in [3.05, 3.63) is 17.5 Å². The average Bonchev–Trinajstić information content (AvgIpc) is 2.59. The Kier molecular flexibility index (Phi) is 4.09. The summed E-state index contributed by atoms with van der Waals surface area (Å²) >= 11 is 0. The Balaban J connectivity index is 2.29. The van der Waals surface area contributed by atoms with E-state index in [-0.39, 0.29) is 5.69 Å². The molecule has 0 aliphatic rings. The molecule has 0 saturated heterocycles. The van der Waals surface area contributed by atoms with Crippen LogP contribution in [0.15, 0.2) is 10.6 Å². The van der Waals surface area contributed by atoms with Gasteiger partial charge in [0.15, 0.2) is 5.69 Å². The quantitative estimate of drug-likeness (QED) is 0.546. The zero-order chi connectivity index (χ0) is 10.4. The molecule has 1 N–H and O–H groups in total. The van der Waals surface area contributed by atoms with Crippen LogP contribution in [-0.4, -0.2) is 31.4 Å². The van der Waals surface area contributed by atoms with E-state index < -0.39 is 5.91 Å². The third kappa shape index (κ3) is 3.15. The van der Waals surface area contributed by atoms with Gasteiger partial charge in [0.1, 0.15) is 5.76 Å². The standard InChI is InChI=1S/C8H12N2O4/c1-6-5-7(9-14-6)8(11)10-13-4-3-12-2/h5H,3-4H2,1-2H3,(H,10,11). The van der Waals surface area contributed by atoms with Gasteiger partial charge < -0.3 is 9.26 Å². The van der Waals surface area contributed by atoms with Crippen LogP contribution in [0.1, 0.15) is 16.2 Å². The van der Waals surface area contributed by atoms with Crippen molar-refractivity contribution in [3.63, 3.8) is 0 Å². The van der Waals surface area contributed by atoms with Crippen LogP contribution in [0.3, 0.4) is 0 Å². The van der Waals surface area contributed by atoms with Gasteiger partial charge in [0.05, 0.1) is 13.2 Å². The topological polar surface area (TPSA) is 73.6 Å². The fourth-order valence-electron chi connectivity index (χ4n) is 0.767. The van der Waals surface area contributed by atoms with Crippen LogP contribution < -0.4 is 5.48 Å². The highest BCUT2D eigenvalue weighted by Gasteiger charge is 2.09. The minimum absolute atomic E-state index is 0.194. The van der Waals surface area contributed by atoms with E-state index in [0.29, 0.717) is 19.0 Å². The third-order valence-corrected chi connectivity index (χ3v) is 1.41. The van der Waals surface area contributed by atoms with E-state index in [4.69, 9.17) is 14.1 Å². The van der Waals surface area contributed by atoms with Gasteiger partial charge in [0.25, 0.3) is 5.91 Å². The molecule has 0 aliphatic heterocycles. The molecule has 1 aromatic rings. The smallest absolute Gasteiger partial charge is 0.297 e. The molecule has 1 rings (SSSR count). The number of methoxy groups -OCH3 is 1. The molecule has 0 spiro atoms. The molecule has 6 nitrogen and oxygen atoms in total. The fraction of sp³-hybridized carbons (Fsp3) is 0.500. The Morgan fingerprint density at radius 1 is 1.64 bits per heavy atom. The summed E-state index contributed by atoms with van der Waals surface area (Å²) in [5.74, 6) is 0.144. The van der Waals surface area contributed by atoms with Crippen LogP contribution in [0.2, 0.25) is 0 Å². The predicted molar refractivity (Wildman–Crippen MR) is 46.5 cm³/mol. The lowest BCUT2D eigenvalue weighted by atomic mass is 10.4. The number of hydroxylamine groups is 1. The maximum absolute atomic E-state index is 11.2. The first-order valence-electron chi connectivity index (χ1n) is 4.08. The zero-order valence-electron chi connectivity index (χ0n) is 8.07. The first-order valence-corrected chi connectivity index (χ1v) is 4.08. The Morgan fingerprint density at radius 2 is 2.43 bits per heavy atom. The van der Waals surface area contributed by atoms with Crippen molar-refractivity contribution < 1.29 is 18.9 Å². The largest absolute Gasteiger partial charge is 0.382 e. The van der Waals surface area contributed by atoms with Crippen molar-refractivity contribution in [2.75, 3.05) is 20.3 Å². The molecule has 0 radical (unpaired) electrons. The summed E-state index contributed by atoms with van der Waals surface area (Å²) in [6.45, 7) is 2.41.